The fourth-order valence-corrected chi connectivity index (χ4v) is 2.20. The maximum atomic E-state index is 13.4. The summed E-state index contributed by atoms with van der Waals surface area (Å²) in [4.78, 5) is 3.71. The van der Waals surface area contributed by atoms with Crippen molar-refractivity contribution < 1.29 is 4.39 Å². The van der Waals surface area contributed by atoms with E-state index in [0.29, 0.717) is 10.6 Å². The zero-order valence-electron chi connectivity index (χ0n) is 7.48. The molecule has 1 aliphatic rings. The van der Waals surface area contributed by atoms with Crippen LogP contribution in [-0.2, 0) is 5.41 Å². The molecule has 0 N–H and O–H groups in total. The minimum atomic E-state index is -0.258. The predicted molar refractivity (Wildman–Crippen MR) is 50.4 cm³/mol. The zero-order valence-corrected chi connectivity index (χ0v) is 8.24. The molecule has 1 aromatic heterocycles. The second-order valence-electron chi connectivity index (χ2n) is 3.61. The van der Waals surface area contributed by atoms with Crippen LogP contribution >= 0.6 is 11.6 Å². The molecule has 1 fully saturated rings. The highest BCUT2D eigenvalue weighted by Gasteiger charge is 2.45. The molecule has 1 aromatic rings. The number of hydrogen-bond donors (Lipinski definition) is 0. The first-order chi connectivity index (χ1) is 6.19. The van der Waals surface area contributed by atoms with Gasteiger partial charge in [0.15, 0.2) is 0 Å². The molecular formula is C10H11ClFN. The van der Waals surface area contributed by atoms with Gasteiger partial charge in [0.05, 0.1) is 11.2 Å². The Morgan fingerprint density at radius 3 is 2.69 bits per heavy atom. The van der Waals surface area contributed by atoms with Crippen molar-refractivity contribution in [3.8, 4) is 0 Å². The molecule has 0 radical (unpaired) electrons. The van der Waals surface area contributed by atoms with Crippen molar-refractivity contribution >= 4 is 11.6 Å². The van der Waals surface area contributed by atoms with E-state index in [0.717, 1.165) is 19.3 Å². The fourth-order valence-electron chi connectivity index (χ4n) is 1.85. The Kier molecular flexibility index (Phi) is 2.03. The lowest BCUT2D eigenvalue weighted by Crippen LogP contribution is -2.08. The Hall–Kier alpha value is -0.630. The molecule has 0 saturated heterocycles. The smallest absolute Gasteiger partial charge is 0.146 e. The quantitative estimate of drug-likeness (QED) is 0.712. The highest BCUT2D eigenvalue weighted by atomic mass is 35.5. The van der Waals surface area contributed by atoms with Crippen LogP contribution < -0.4 is 0 Å². The van der Waals surface area contributed by atoms with Crippen LogP contribution in [0.2, 0.25) is 5.02 Å². The second kappa shape index (κ2) is 2.95. The van der Waals surface area contributed by atoms with Gasteiger partial charge in [-0.3, -0.25) is 4.98 Å². The topological polar surface area (TPSA) is 12.9 Å². The first kappa shape index (κ1) is 8.95. The third-order valence-corrected chi connectivity index (χ3v) is 3.20. The predicted octanol–water partition coefficient (Wildman–Crippen LogP) is 3.32. The van der Waals surface area contributed by atoms with Gasteiger partial charge >= 0.3 is 0 Å². The van der Waals surface area contributed by atoms with E-state index in [4.69, 9.17) is 11.6 Å². The summed E-state index contributed by atoms with van der Waals surface area (Å²) >= 11 is 5.93. The Labute approximate surface area is 81.9 Å². The first-order valence-corrected chi connectivity index (χ1v) is 4.87. The van der Waals surface area contributed by atoms with E-state index in [-0.39, 0.29) is 11.2 Å². The molecular weight excluding hydrogens is 189 g/mol. The summed E-state index contributed by atoms with van der Waals surface area (Å²) in [7, 11) is 0. The van der Waals surface area contributed by atoms with Gasteiger partial charge < -0.3 is 0 Å². The summed E-state index contributed by atoms with van der Waals surface area (Å²) in [6.45, 7) is 2.07. The van der Waals surface area contributed by atoms with Gasteiger partial charge in [-0.1, -0.05) is 18.5 Å². The van der Waals surface area contributed by atoms with E-state index in [1.54, 1.807) is 0 Å². The summed E-state index contributed by atoms with van der Waals surface area (Å²) in [6.07, 6.45) is 5.81. The zero-order chi connectivity index (χ0) is 9.47. The SMILES string of the molecule is CCC1(c2c(F)cncc2Cl)CC1. The maximum absolute atomic E-state index is 13.4. The lowest BCUT2D eigenvalue weighted by molar-refractivity contribution is 0.556. The molecule has 0 aromatic carbocycles. The second-order valence-corrected chi connectivity index (χ2v) is 4.02. The van der Waals surface area contributed by atoms with Crippen molar-refractivity contribution in [1.29, 1.82) is 0 Å². The molecule has 0 atom stereocenters. The molecule has 0 spiro atoms. The molecule has 1 saturated carbocycles. The van der Waals surface area contributed by atoms with E-state index in [1.165, 1.54) is 12.4 Å². The lowest BCUT2D eigenvalue weighted by atomic mass is 9.94. The first-order valence-electron chi connectivity index (χ1n) is 4.49. The maximum Gasteiger partial charge on any atom is 0.146 e. The Bertz CT molecular complexity index is 313. The molecule has 0 amide bonds. The molecule has 70 valence electrons. The highest BCUT2D eigenvalue weighted by molar-refractivity contribution is 6.31. The molecule has 0 bridgehead atoms. The molecule has 13 heavy (non-hydrogen) atoms. The van der Waals surface area contributed by atoms with Crippen molar-refractivity contribution in [3.63, 3.8) is 0 Å². The van der Waals surface area contributed by atoms with E-state index in [9.17, 15) is 4.39 Å². The van der Waals surface area contributed by atoms with E-state index < -0.39 is 0 Å². The molecule has 0 aliphatic heterocycles. The summed E-state index contributed by atoms with van der Waals surface area (Å²) < 4.78 is 13.4. The monoisotopic (exact) mass is 199 g/mol. The van der Waals surface area contributed by atoms with Gasteiger partial charge in [-0.15, -0.1) is 0 Å². The molecule has 2 rings (SSSR count). The van der Waals surface area contributed by atoms with Crippen molar-refractivity contribution in [2.75, 3.05) is 0 Å². The fraction of sp³-hybridized carbons (Fsp3) is 0.500. The standard InChI is InChI=1S/C10H11ClFN/c1-2-10(3-4-10)9-7(11)5-13-6-8(9)12/h5-6H,2-4H2,1H3. The van der Waals surface area contributed by atoms with Crippen molar-refractivity contribution in [2.45, 2.75) is 31.6 Å². The van der Waals surface area contributed by atoms with Crippen LogP contribution in [0.15, 0.2) is 12.4 Å². The van der Waals surface area contributed by atoms with Crippen LogP contribution in [0, 0.1) is 5.82 Å². The summed E-state index contributed by atoms with van der Waals surface area (Å²) in [5, 5.41) is 0.472. The van der Waals surface area contributed by atoms with Gasteiger partial charge in [-0.2, -0.15) is 0 Å². The minimum absolute atomic E-state index is 0.0180. The number of pyridine rings is 1. The van der Waals surface area contributed by atoms with Crippen LogP contribution in [0.4, 0.5) is 4.39 Å². The molecule has 1 heterocycles. The van der Waals surface area contributed by atoms with Crippen LogP contribution in [-0.4, -0.2) is 4.98 Å². The minimum Gasteiger partial charge on any atom is -0.260 e. The third kappa shape index (κ3) is 1.33. The Balaban J connectivity index is 2.50. The van der Waals surface area contributed by atoms with Gasteiger partial charge in [0.1, 0.15) is 5.82 Å². The van der Waals surface area contributed by atoms with Gasteiger partial charge in [0.25, 0.3) is 0 Å². The Morgan fingerprint density at radius 2 is 2.23 bits per heavy atom. The normalized spacial score (nSPS) is 18.7. The van der Waals surface area contributed by atoms with E-state index in [2.05, 4.69) is 11.9 Å². The van der Waals surface area contributed by atoms with Crippen molar-refractivity contribution in [2.24, 2.45) is 0 Å². The van der Waals surface area contributed by atoms with Crippen LogP contribution in [0.5, 0.6) is 0 Å². The summed E-state index contributed by atoms with van der Waals surface area (Å²) in [5.74, 6) is -0.258. The largest absolute Gasteiger partial charge is 0.260 e. The average molecular weight is 200 g/mol. The molecule has 3 heteroatoms. The number of halogens is 2. The van der Waals surface area contributed by atoms with Gasteiger partial charge in [0, 0.05) is 11.8 Å². The lowest BCUT2D eigenvalue weighted by Gasteiger charge is -2.14. The molecule has 1 aliphatic carbocycles. The number of rotatable bonds is 2. The third-order valence-electron chi connectivity index (χ3n) is 2.91. The van der Waals surface area contributed by atoms with Gasteiger partial charge in [-0.05, 0) is 24.7 Å². The molecule has 1 nitrogen and oxygen atoms in total. The number of aromatic nitrogens is 1. The van der Waals surface area contributed by atoms with E-state index >= 15 is 0 Å². The Morgan fingerprint density at radius 1 is 1.54 bits per heavy atom. The summed E-state index contributed by atoms with van der Waals surface area (Å²) in [5.41, 5.74) is 0.691. The van der Waals surface area contributed by atoms with Crippen LogP contribution in [0.25, 0.3) is 0 Å². The highest BCUT2D eigenvalue weighted by Crippen LogP contribution is 2.53. The summed E-state index contributed by atoms with van der Waals surface area (Å²) in [6, 6.07) is 0. The van der Waals surface area contributed by atoms with Crippen molar-refractivity contribution in [1.82, 2.24) is 4.98 Å². The number of hydrogen-bond acceptors (Lipinski definition) is 1. The average Bonchev–Trinajstić information content (AvgIpc) is 2.85. The molecule has 0 unspecified atom stereocenters. The van der Waals surface area contributed by atoms with Crippen LogP contribution in [0.3, 0.4) is 0 Å². The van der Waals surface area contributed by atoms with Gasteiger partial charge in [0.2, 0.25) is 0 Å². The van der Waals surface area contributed by atoms with Crippen molar-refractivity contribution in [3.05, 3.63) is 28.8 Å². The number of nitrogens with zero attached hydrogens (tertiary/aromatic N) is 1. The van der Waals surface area contributed by atoms with E-state index in [1.807, 2.05) is 0 Å². The van der Waals surface area contributed by atoms with Gasteiger partial charge in [-0.25, -0.2) is 4.39 Å². The van der Waals surface area contributed by atoms with Crippen LogP contribution in [0.1, 0.15) is 31.7 Å².